The third kappa shape index (κ3) is 6.37. The van der Waals surface area contributed by atoms with Crippen molar-refractivity contribution in [1.29, 1.82) is 0 Å². The number of hydrogen-bond donors (Lipinski definition) is 3. The molecular formula is C23H29FN4O2. The summed E-state index contributed by atoms with van der Waals surface area (Å²) in [6, 6.07) is 16.0. The fourth-order valence-electron chi connectivity index (χ4n) is 3.62. The maximum Gasteiger partial charge on any atom is 0.251 e. The van der Waals surface area contributed by atoms with Gasteiger partial charge in [0.15, 0.2) is 0 Å². The van der Waals surface area contributed by atoms with E-state index in [4.69, 9.17) is 0 Å². The number of rotatable bonds is 9. The van der Waals surface area contributed by atoms with Gasteiger partial charge in [-0.2, -0.15) is 0 Å². The van der Waals surface area contributed by atoms with Gasteiger partial charge in [0.25, 0.3) is 5.91 Å². The number of benzene rings is 2. The van der Waals surface area contributed by atoms with Crippen LogP contribution in [-0.2, 0) is 4.79 Å². The van der Waals surface area contributed by atoms with Crippen LogP contribution in [0, 0.1) is 5.82 Å². The zero-order valence-corrected chi connectivity index (χ0v) is 17.2. The molecule has 160 valence electrons. The predicted octanol–water partition coefficient (Wildman–Crippen LogP) is 2.79. The van der Waals surface area contributed by atoms with Gasteiger partial charge in [0.1, 0.15) is 5.82 Å². The largest absolute Gasteiger partial charge is 0.352 e. The molecule has 2 atom stereocenters. The molecule has 3 rings (SSSR count). The Kier molecular flexibility index (Phi) is 7.93. The van der Waals surface area contributed by atoms with Gasteiger partial charge in [0.2, 0.25) is 5.91 Å². The SMILES string of the molecule is CN(CCCC1CC(c2cccc(F)c2)NN1)C(=O)CCNC(=O)c1ccccc1. The molecule has 0 aliphatic carbocycles. The summed E-state index contributed by atoms with van der Waals surface area (Å²) in [7, 11) is 1.79. The van der Waals surface area contributed by atoms with Crippen LogP contribution in [0.25, 0.3) is 0 Å². The zero-order valence-electron chi connectivity index (χ0n) is 17.2. The second-order valence-electron chi connectivity index (χ2n) is 7.66. The van der Waals surface area contributed by atoms with Crippen LogP contribution in [0.1, 0.15) is 47.6 Å². The summed E-state index contributed by atoms with van der Waals surface area (Å²) in [6.45, 7) is 0.981. The first-order chi connectivity index (χ1) is 14.5. The molecule has 0 aromatic heterocycles. The lowest BCUT2D eigenvalue weighted by Crippen LogP contribution is -2.34. The van der Waals surface area contributed by atoms with Crippen molar-refractivity contribution in [2.45, 2.75) is 37.8 Å². The minimum absolute atomic E-state index is 0.0125. The standard InChI is InChI=1S/C23H29FN4O2/c1-28(22(29)12-13-25-23(30)17-7-3-2-4-8-17)14-6-11-20-16-21(27-26-20)18-9-5-10-19(24)15-18/h2-5,7-10,15,20-21,26-27H,6,11-14,16H2,1H3,(H,25,30). The Balaban J connectivity index is 1.31. The summed E-state index contributed by atoms with van der Waals surface area (Å²) in [6.07, 6.45) is 2.95. The van der Waals surface area contributed by atoms with Gasteiger partial charge in [-0.1, -0.05) is 30.3 Å². The lowest BCUT2D eigenvalue weighted by atomic mass is 9.99. The zero-order chi connectivity index (χ0) is 21.3. The minimum Gasteiger partial charge on any atom is -0.352 e. The smallest absolute Gasteiger partial charge is 0.251 e. The van der Waals surface area contributed by atoms with Gasteiger partial charge in [-0.25, -0.2) is 4.39 Å². The first kappa shape index (κ1) is 21.9. The van der Waals surface area contributed by atoms with Crippen molar-refractivity contribution in [2.75, 3.05) is 20.1 Å². The van der Waals surface area contributed by atoms with Crippen LogP contribution in [0.4, 0.5) is 4.39 Å². The second-order valence-corrected chi connectivity index (χ2v) is 7.66. The molecule has 2 aromatic rings. The summed E-state index contributed by atoms with van der Waals surface area (Å²) < 4.78 is 13.4. The number of nitrogens with one attached hydrogen (secondary N) is 3. The average Bonchev–Trinajstić information content (AvgIpc) is 3.23. The normalized spacial score (nSPS) is 18.2. The highest BCUT2D eigenvalue weighted by Gasteiger charge is 2.25. The van der Waals surface area contributed by atoms with Crippen molar-refractivity contribution < 1.29 is 14.0 Å². The van der Waals surface area contributed by atoms with Gasteiger partial charge in [-0.05, 0) is 49.1 Å². The van der Waals surface area contributed by atoms with E-state index in [0.29, 0.717) is 18.7 Å². The molecule has 7 heteroatoms. The van der Waals surface area contributed by atoms with Crippen molar-refractivity contribution in [3.63, 3.8) is 0 Å². The molecular weight excluding hydrogens is 383 g/mol. The van der Waals surface area contributed by atoms with Gasteiger partial charge in [-0.15, -0.1) is 0 Å². The summed E-state index contributed by atoms with van der Waals surface area (Å²) in [5.41, 5.74) is 8.02. The number of halogens is 1. The Hall–Kier alpha value is -2.77. The van der Waals surface area contributed by atoms with Crippen molar-refractivity contribution in [3.8, 4) is 0 Å². The van der Waals surface area contributed by atoms with E-state index in [9.17, 15) is 14.0 Å². The highest BCUT2D eigenvalue weighted by atomic mass is 19.1. The molecule has 1 heterocycles. The van der Waals surface area contributed by atoms with Crippen molar-refractivity contribution in [2.24, 2.45) is 0 Å². The second kappa shape index (κ2) is 10.8. The molecule has 2 aromatic carbocycles. The Bertz CT molecular complexity index is 846. The van der Waals surface area contributed by atoms with Crippen LogP contribution in [-0.4, -0.2) is 42.9 Å². The first-order valence-corrected chi connectivity index (χ1v) is 10.4. The van der Waals surface area contributed by atoms with E-state index in [-0.39, 0.29) is 36.1 Å². The van der Waals surface area contributed by atoms with E-state index in [0.717, 1.165) is 24.8 Å². The molecule has 0 saturated carbocycles. The van der Waals surface area contributed by atoms with E-state index in [2.05, 4.69) is 16.2 Å². The van der Waals surface area contributed by atoms with E-state index in [1.54, 1.807) is 36.2 Å². The van der Waals surface area contributed by atoms with Crippen LogP contribution >= 0.6 is 0 Å². The predicted molar refractivity (Wildman–Crippen MR) is 114 cm³/mol. The monoisotopic (exact) mass is 412 g/mol. The van der Waals surface area contributed by atoms with Gasteiger partial charge < -0.3 is 10.2 Å². The fourth-order valence-corrected chi connectivity index (χ4v) is 3.62. The molecule has 1 aliphatic rings. The van der Waals surface area contributed by atoms with Crippen LogP contribution in [0.5, 0.6) is 0 Å². The number of amides is 2. The molecule has 0 radical (unpaired) electrons. The molecule has 0 bridgehead atoms. The third-order valence-electron chi connectivity index (χ3n) is 5.37. The van der Waals surface area contributed by atoms with E-state index >= 15 is 0 Å². The van der Waals surface area contributed by atoms with Gasteiger partial charge >= 0.3 is 0 Å². The highest BCUT2D eigenvalue weighted by molar-refractivity contribution is 5.94. The summed E-state index contributed by atoms with van der Waals surface area (Å²) in [5, 5.41) is 2.78. The highest BCUT2D eigenvalue weighted by Crippen LogP contribution is 2.24. The Morgan fingerprint density at radius 3 is 2.70 bits per heavy atom. The van der Waals surface area contributed by atoms with E-state index in [1.807, 2.05) is 24.3 Å². The lowest BCUT2D eigenvalue weighted by molar-refractivity contribution is -0.129. The average molecular weight is 413 g/mol. The van der Waals surface area contributed by atoms with Crippen molar-refractivity contribution in [3.05, 3.63) is 71.5 Å². The topological polar surface area (TPSA) is 73.5 Å². The number of hydrazine groups is 1. The van der Waals surface area contributed by atoms with Crippen LogP contribution in [0.15, 0.2) is 54.6 Å². The molecule has 3 N–H and O–H groups in total. The van der Waals surface area contributed by atoms with E-state index in [1.165, 1.54) is 6.07 Å². The summed E-state index contributed by atoms with van der Waals surface area (Å²) in [4.78, 5) is 26.0. The quantitative estimate of drug-likeness (QED) is 0.592. The number of carbonyl (C=O) groups excluding carboxylic acids is 2. The Morgan fingerprint density at radius 1 is 1.13 bits per heavy atom. The van der Waals surface area contributed by atoms with Gasteiger partial charge in [0, 0.05) is 44.2 Å². The maximum atomic E-state index is 13.4. The molecule has 2 unspecified atom stereocenters. The minimum atomic E-state index is -0.224. The maximum absolute atomic E-state index is 13.4. The Morgan fingerprint density at radius 2 is 1.93 bits per heavy atom. The number of nitrogens with zero attached hydrogens (tertiary/aromatic N) is 1. The number of hydrogen-bond acceptors (Lipinski definition) is 4. The van der Waals surface area contributed by atoms with Gasteiger partial charge in [-0.3, -0.25) is 20.4 Å². The van der Waals surface area contributed by atoms with Crippen molar-refractivity contribution >= 4 is 11.8 Å². The van der Waals surface area contributed by atoms with Crippen LogP contribution < -0.4 is 16.2 Å². The molecule has 2 amide bonds. The molecule has 0 spiro atoms. The molecule has 1 fully saturated rings. The summed E-state index contributed by atoms with van der Waals surface area (Å²) in [5.74, 6) is -0.380. The lowest BCUT2D eigenvalue weighted by Gasteiger charge is -2.18. The van der Waals surface area contributed by atoms with E-state index < -0.39 is 0 Å². The third-order valence-corrected chi connectivity index (χ3v) is 5.37. The summed E-state index contributed by atoms with van der Waals surface area (Å²) >= 11 is 0. The van der Waals surface area contributed by atoms with Crippen molar-refractivity contribution in [1.82, 2.24) is 21.1 Å². The molecule has 6 nitrogen and oxygen atoms in total. The first-order valence-electron chi connectivity index (χ1n) is 10.4. The van der Waals surface area contributed by atoms with Crippen LogP contribution in [0.2, 0.25) is 0 Å². The van der Waals surface area contributed by atoms with Crippen LogP contribution in [0.3, 0.4) is 0 Å². The number of carbonyl (C=O) groups is 2. The Labute approximate surface area is 176 Å². The van der Waals surface area contributed by atoms with Gasteiger partial charge in [0.05, 0.1) is 0 Å². The molecule has 1 saturated heterocycles. The molecule has 30 heavy (non-hydrogen) atoms. The fraction of sp³-hybridized carbons (Fsp3) is 0.391. The molecule has 1 aliphatic heterocycles.